The van der Waals surface area contributed by atoms with Gasteiger partial charge in [0.1, 0.15) is 18.5 Å². The van der Waals surface area contributed by atoms with Gasteiger partial charge in [0, 0.05) is 12.6 Å². The van der Waals surface area contributed by atoms with Gasteiger partial charge < -0.3 is 15.2 Å². The zero-order valence-electron chi connectivity index (χ0n) is 13.6. The number of aliphatic hydroxyl groups excluding tert-OH is 1. The zero-order valence-corrected chi connectivity index (χ0v) is 13.6. The van der Waals surface area contributed by atoms with Gasteiger partial charge in [0.15, 0.2) is 0 Å². The van der Waals surface area contributed by atoms with Crippen LogP contribution >= 0.6 is 0 Å². The van der Waals surface area contributed by atoms with Crippen LogP contribution in [0.25, 0.3) is 0 Å². The van der Waals surface area contributed by atoms with Gasteiger partial charge >= 0.3 is 0 Å². The summed E-state index contributed by atoms with van der Waals surface area (Å²) < 4.78 is 5.63. The van der Waals surface area contributed by atoms with Crippen LogP contribution in [-0.4, -0.2) is 30.4 Å². The van der Waals surface area contributed by atoms with Crippen molar-refractivity contribution in [2.45, 2.75) is 58.6 Å². The number of hydrogen-bond acceptors (Lipinski definition) is 3. The molecule has 2 rings (SSSR count). The molecule has 1 unspecified atom stereocenters. The molecule has 1 saturated carbocycles. The van der Waals surface area contributed by atoms with E-state index in [9.17, 15) is 5.11 Å². The van der Waals surface area contributed by atoms with Gasteiger partial charge in [-0.05, 0) is 55.7 Å². The number of benzene rings is 1. The molecule has 1 aliphatic rings. The summed E-state index contributed by atoms with van der Waals surface area (Å²) in [7, 11) is 0. The summed E-state index contributed by atoms with van der Waals surface area (Å²) in [5.74, 6) is 0.827. The molecule has 1 aromatic carbocycles. The number of nitrogens with one attached hydrogen (secondary N) is 1. The molecule has 0 aliphatic heterocycles. The molecule has 3 heteroatoms. The second-order valence-corrected chi connectivity index (χ2v) is 7.13. The molecule has 0 amide bonds. The highest BCUT2D eigenvalue weighted by Gasteiger charge is 2.26. The van der Waals surface area contributed by atoms with E-state index < -0.39 is 6.10 Å². The Balaban J connectivity index is 1.65. The minimum absolute atomic E-state index is 0.342. The van der Waals surface area contributed by atoms with E-state index in [1.165, 1.54) is 31.2 Å². The molecular weight excluding hydrogens is 262 g/mol. The standard InChI is InChI=1S/C18H29NO2/c1-14-5-4-6-17(11-14)21-13-16(20)12-19-15-7-9-18(2,3)10-8-15/h4-6,11,15-16,19-20H,7-10,12-13H2,1-3H3. The fraction of sp³-hybridized carbons (Fsp3) is 0.667. The Bertz CT molecular complexity index is 435. The lowest BCUT2D eigenvalue weighted by Crippen LogP contribution is -2.41. The Hall–Kier alpha value is -1.06. The van der Waals surface area contributed by atoms with Crippen LogP contribution in [0.5, 0.6) is 5.75 Å². The number of hydrogen-bond donors (Lipinski definition) is 2. The van der Waals surface area contributed by atoms with Crippen molar-refractivity contribution < 1.29 is 9.84 Å². The topological polar surface area (TPSA) is 41.5 Å². The van der Waals surface area contributed by atoms with Crippen LogP contribution in [-0.2, 0) is 0 Å². The van der Waals surface area contributed by atoms with Crippen molar-refractivity contribution in [3.05, 3.63) is 29.8 Å². The molecule has 0 heterocycles. The molecule has 1 atom stereocenters. The molecule has 0 saturated heterocycles. The smallest absolute Gasteiger partial charge is 0.119 e. The highest BCUT2D eigenvalue weighted by atomic mass is 16.5. The fourth-order valence-corrected chi connectivity index (χ4v) is 2.86. The molecule has 2 N–H and O–H groups in total. The highest BCUT2D eigenvalue weighted by Crippen LogP contribution is 2.34. The Morgan fingerprint density at radius 1 is 1.33 bits per heavy atom. The van der Waals surface area contributed by atoms with E-state index in [1.807, 2.05) is 31.2 Å². The molecule has 118 valence electrons. The molecule has 0 bridgehead atoms. The Labute approximate surface area is 128 Å². The second kappa shape index (κ2) is 7.28. The molecule has 1 aromatic rings. The van der Waals surface area contributed by atoms with E-state index >= 15 is 0 Å². The van der Waals surface area contributed by atoms with Crippen molar-refractivity contribution in [3.63, 3.8) is 0 Å². The number of rotatable bonds is 6. The lowest BCUT2D eigenvalue weighted by molar-refractivity contribution is 0.0982. The van der Waals surface area contributed by atoms with E-state index in [0.717, 1.165) is 5.75 Å². The zero-order chi connectivity index (χ0) is 15.3. The predicted molar refractivity (Wildman–Crippen MR) is 86.7 cm³/mol. The van der Waals surface area contributed by atoms with Crippen LogP contribution in [0.3, 0.4) is 0 Å². The van der Waals surface area contributed by atoms with Crippen molar-refractivity contribution in [2.75, 3.05) is 13.2 Å². The van der Waals surface area contributed by atoms with Crippen molar-refractivity contribution in [1.29, 1.82) is 0 Å². The average molecular weight is 291 g/mol. The SMILES string of the molecule is Cc1cccc(OCC(O)CNC2CCC(C)(C)CC2)c1. The van der Waals surface area contributed by atoms with Crippen molar-refractivity contribution >= 4 is 0 Å². The first-order valence-electron chi connectivity index (χ1n) is 8.05. The van der Waals surface area contributed by atoms with E-state index in [1.54, 1.807) is 0 Å². The lowest BCUT2D eigenvalue weighted by atomic mass is 9.75. The summed E-state index contributed by atoms with van der Waals surface area (Å²) in [6.45, 7) is 7.67. The highest BCUT2D eigenvalue weighted by molar-refractivity contribution is 5.27. The first-order chi connectivity index (χ1) is 9.94. The third-order valence-electron chi connectivity index (χ3n) is 4.41. The molecule has 0 spiro atoms. The number of ether oxygens (including phenoxy) is 1. The third-order valence-corrected chi connectivity index (χ3v) is 4.41. The summed E-state index contributed by atoms with van der Waals surface area (Å²) in [5, 5.41) is 13.5. The van der Waals surface area contributed by atoms with E-state index in [2.05, 4.69) is 19.2 Å². The van der Waals surface area contributed by atoms with Gasteiger partial charge in [-0.3, -0.25) is 0 Å². The Morgan fingerprint density at radius 2 is 2.05 bits per heavy atom. The minimum Gasteiger partial charge on any atom is -0.491 e. The Kier molecular flexibility index (Phi) is 5.65. The van der Waals surface area contributed by atoms with Crippen molar-refractivity contribution in [1.82, 2.24) is 5.32 Å². The van der Waals surface area contributed by atoms with Crippen LogP contribution in [0, 0.1) is 12.3 Å². The van der Waals surface area contributed by atoms with E-state index in [-0.39, 0.29) is 0 Å². The molecule has 0 aromatic heterocycles. The minimum atomic E-state index is -0.458. The monoisotopic (exact) mass is 291 g/mol. The summed E-state index contributed by atoms with van der Waals surface area (Å²) in [5.41, 5.74) is 1.66. The van der Waals surface area contributed by atoms with Gasteiger partial charge in [0.05, 0.1) is 0 Å². The lowest BCUT2D eigenvalue weighted by Gasteiger charge is -2.35. The average Bonchev–Trinajstić information content (AvgIpc) is 2.44. The molecule has 3 nitrogen and oxygen atoms in total. The largest absolute Gasteiger partial charge is 0.491 e. The summed E-state index contributed by atoms with van der Waals surface area (Å²) in [4.78, 5) is 0. The predicted octanol–water partition coefficient (Wildman–Crippen LogP) is 3.29. The van der Waals surface area contributed by atoms with Crippen LogP contribution in [0.2, 0.25) is 0 Å². The van der Waals surface area contributed by atoms with Crippen molar-refractivity contribution in [2.24, 2.45) is 5.41 Å². The Morgan fingerprint density at radius 3 is 2.71 bits per heavy atom. The van der Waals surface area contributed by atoms with Gasteiger partial charge in [-0.15, -0.1) is 0 Å². The van der Waals surface area contributed by atoms with Gasteiger partial charge in [-0.25, -0.2) is 0 Å². The maximum Gasteiger partial charge on any atom is 0.119 e. The maximum atomic E-state index is 10.0. The van der Waals surface area contributed by atoms with Crippen LogP contribution in [0.4, 0.5) is 0 Å². The fourth-order valence-electron chi connectivity index (χ4n) is 2.86. The van der Waals surface area contributed by atoms with Crippen LogP contribution in [0.15, 0.2) is 24.3 Å². The quantitative estimate of drug-likeness (QED) is 0.845. The number of aliphatic hydroxyl groups is 1. The van der Waals surface area contributed by atoms with E-state index in [0.29, 0.717) is 24.6 Å². The van der Waals surface area contributed by atoms with Crippen molar-refractivity contribution in [3.8, 4) is 5.75 Å². The maximum absolute atomic E-state index is 10.0. The van der Waals surface area contributed by atoms with Gasteiger partial charge in [-0.1, -0.05) is 26.0 Å². The van der Waals surface area contributed by atoms with Gasteiger partial charge in [0.2, 0.25) is 0 Å². The summed E-state index contributed by atoms with van der Waals surface area (Å²) in [6, 6.07) is 8.47. The second-order valence-electron chi connectivity index (χ2n) is 7.13. The molecule has 0 radical (unpaired) electrons. The normalized spacial score (nSPS) is 20.2. The molecular formula is C18H29NO2. The van der Waals surface area contributed by atoms with E-state index in [4.69, 9.17) is 4.74 Å². The number of aryl methyl sites for hydroxylation is 1. The first kappa shape index (κ1) is 16.3. The summed E-state index contributed by atoms with van der Waals surface area (Å²) >= 11 is 0. The molecule has 21 heavy (non-hydrogen) atoms. The molecule has 1 fully saturated rings. The van der Waals surface area contributed by atoms with Gasteiger partial charge in [-0.2, -0.15) is 0 Å². The molecule has 1 aliphatic carbocycles. The van der Waals surface area contributed by atoms with Crippen LogP contribution < -0.4 is 10.1 Å². The summed E-state index contributed by atoms with van der Waals surface area (Å²) in [6.07, 6.45) is 4.48. The van der Waals surface area contributed by atoms with Crippen LogP contribution in [0.1, 0.15) is 45.1 Å². The third kappa shape index (κ3) is 5.68. The van der Waals surface area contributed by atoms with Gasteiger partial charge in [0.25, 0.3) is 0 Å². The first-order valence-corrected chi connectivity index (χ1v) is 8.05.